The Morgan fingerprint density at radius 2 is 1.75 bits per heavy atom. The highest BCUT2D eigenvalue weighted by molar-refractivity contribution is 7.86. The average molecular weight is 195 g/mol. The maximum Gasteiger partial charge on any atom is 0.302 e. The molecule has 0 amide bonds. The van der Waals surface area contributed by atoms with E-state index in [0.29, 0.717) is 0 Å². The highest BCUT2D eigenvalue weighted by Gasteiger charge is 2.23. The minimum atomic E-state index is -4.28. The second kappa shape index (κ2) is 3.70. The smallest absolute Gasteiger partial charge is 0.302 e. The van der Waals surface area contributed by atoms with Gasteiger partial charge in [0, 0.05) is 6.04 Å². The third-order valence-electron chi connectivity index (χ3n) is 2.33. The molecule has 5 heteroatoms. The van der Waals surface area contributed by atoms with Crippen LogP contribution in [-0.4, -0.2) is 20.2 Å². The average Bonchev–Trinajstić information content (AvgIpc) is 1.91. The number of hydrogen-bond donors (Lipinski definition) is 1. The quantitative estimate of drug-likeness (QED) is 0.663. The molecule has 0 radical (unpaired) electrons. The number of rotatable bonds is 2. The van der Waals surface area contributed by atoms with E-state index in [2.05, 4.69) is 0 Å². The van der Waals surface area contributed by atoms with Gasteiger partial charge in [-0.05, 0) is 31.6 Å². The standard InChI is InChI=1S/C7H14FNO2S/c8-12(10,11)5-6-1-3-7(9)4-2-6/h6-7H,1-5,9H2. The van der Waals surface area contributed by atoms with Crippen LogP contribution in [0.15, 0.2) is 0 Å². The molecule has 0 aromatic rings. The van der Waals surface area contributed by atoms with Gasteiger partial charge in [-0.25, -0.2) is 0 Å². The van der Waals surface area contributed by atoms with E-state index in [-0.39, 0.29) is 17.7 Å². The molecule has 1 aliphatic rings. The van der Waals surface area contributed by atoms with Gasteiger partial charge in [0.25, 0.3) is 0 Å². The molecular formula is C7H14FNO2S. The van der Waals surface area contributed by atoms with Crippen molar-refractivity contribution in [3.8, 4) is 0 Å². The van der Waals surface area contributed by atoms with Crippen molar-refractivity contribution in [1.29, 1.82) is 0 Å². The fraction of sp³-hybridized carbons (Fsp3) is 1.00. The fourth-order valence-electron chi connectivity index (χ4n) is 1.64. The SMILES string of the molecule is NC1CCC(CS(=O)(=O)F)CC1. The van der Waals surface area contributed by atoms with Gasteiger partial charge in [0.1, 0.15) is 0 Å². The summed E-state index contributed by atoms with van der Waals surface area (Å²) in [5.74, 6) is -0.334. The van der Waals surface area contributed by atoms with Crippen molar-refractivity contribution in [3.05, 3.63) is 0 Å². The normalized spacial score (nSPS) is 31.8. The van der Waals surface area contributed by atoms with Crippen LogP contribution in [0.5, 0.6) is 0 Å². The minimum Gasteiger partial charge on any atom is -0.328 e. The fourth-order valence-corrected chi connectivity index (χ4v) is 2.53. The van der Waals surface area contributed by atoms with Gasteiger partial charge in [-0.2, -0.15) is 8.42 Å². The Bertz CT molecular complexity index is 232. The molecule has 0 bridgehead atoms. The second-order valence-corrected chi connectivity index (χ2v) is 4.90. The van der Waals surface area contributed by atoms with Crippen LogP contribution in [0.3, 0.4) is 0 Å². The van der Waals surface area contributed by atoms with Crippen molar-refractivity contribution in [2.45, 2.75) is 31.7 Å². The number of hydrogen-bond acceptors (Lipinski definition) is 3. The molecule has 2 N–H and O–H groups in total. The highest BCUT2D eigenvalue weighted by atomic mass is 32.3. The molecule has 0 aromatic carbocycles. The topological polar surface area (TPSA) is 60.2 Å². The van der Waals surface area contributed by atoms with Gasteiger partial charge in [-0.15, -0.1) is 3.89 Å². The van der Waals surface area contributed by atoms with Gasteiger partial charge in [-0.1, -0.05) is 0 Å². The van der Waals surface area contributed by atoms with E-state index in [1.165, 1.54) is 0 Å². The monoisotopic (exact) mass is 195 g/mol. The molecule has 0 atom stereocenters. The molecule has 0 aromatic heterocycles. The largest absolute Gasteiger partial charge is 0.328 e. The maximum atomic E-state index is 12.2. The molecule has 0 saturated heterocycles. The first-order valence-corrected chi connectivity index (χ1v) is 5.70. The zero-order valence-electron chi connectivity index (χ0n) is 6.87. The summed E-state index contributed by atoms with van der Waals surface area (Å²) in [6.07, 6.45) is 3.12. The van der Waals surface area contributed by atoms with Crippen LogP contribution >= 0.6 is 0 Å². The van der Waals surface area contributed by atoms with Crippen molar-refractivity contribution in [2.24, 2.45) is 11.7 Å². The van der Waals surface area contributed by atoms with Gasteiger partial charge in [0.2, 0.25) is 0 Å². The van der Waals surface area contributed by atoms with Crippen molar-refractivity contribution < 1.29 is 12.3 Å². The molecular weight excluding hydrogens is 181 g/mol. The van der Waals surface area contributed by atoms with Crippen molar-refractivity contribution in [3.63, 3.8) is 0 Å². The van der Waals surface area contributed by atoms with Gasteiger partial charge in [0.05, 0.1) is 5.75 Å². The van der Waals surface area contributed by atoms with E-state index < -0.39 is 10.2 Å². The van der Waals surface area contributed by atoms with E-state index in [0.717, 1.165) is 25.7 Å². The van der Waals surface area contributed by atoms with Gasteiger partial charge >= 0.3 is 10.2 Å². The first-order valence-electron chi connectivity index (χ1n) is 4.15. The van der Waals surface area contributed by atoms with Gasteiger partial charge in [-0.3, -0.25) is 0 Å². The zero-order valence-corrected chi connectivity index (χ0v) is 7.69. The van der Waals surface area contributed by atoms with Crippen LogP contribution in [0.1, 0.15) is 25.7 Å². The number of halogens is 1. The van der Waals surface area contributed by atoms with Crippen LogP contribution in [0.2, 0.25) is 0 Å². The van der Waals surface area contributed by atoms with Gasteiger partial charge < -0.3 is 5.73 Å². The molecule has 1 fully saturated rings. The van der Waals surface area contributed by atoms with E-state index in [4.69, 9.17) is 5.73 Å². The highest BCUT2D eigenvalue weighted by Crippen LogP contribution is 2.24. The first-order chi connectivity index (χ1) is 5.47. The molecule has 3 nitrogen and oxygen atoms in total. The van der Waals surface area contributed by atoms with E-state index in [1.807, 2.05) is 0 Å². The zero-order chi connectivity index (χ0) is 9.19. The van der Waals surface area contributed by atoms with Crippen LogP contribution in [-0.2, 0) is 10.2 Å². The lowest BCUT2D eigenvalue weighted by atomic mass is 9.88. The lowest BCUT2D eigenvalue weighted by molar-refractivity contribution is 0.346. The summed E-state index contributed by atoms with van der Waals surface area (Å²) >= 11 is 0. The molecule has 0 aliphatic heterocycles. The molecule has 72 valence electrons. The lowest BCUT2D eigenvalue weighted by Crippen LogP contribution is -2.28. The molecule has 1 rings (SSSR count). The summed E-state index contributed by atoms with van der Waals surface area (Å²) in [5, 5.41) is 0. The van der Waals surface area contributed by atoms with Crippen LogP contribution in [0.25, 0.3) is 0 Å². The Hall–Kier alpha value is -0.160. The Morgan fingerprint density at radius 3 is 2.17 bits per heavy atom. The first kappa shape index (κ1) is 9.92. The van der Waals surface area contributed by atoms with Crippen LogP contribution < -0.4 is 5.73 Å². The molecule has 1 saturated carbocycles. The molecule has 0 spiro atoms. The molecule has 0 unspecified atom stereocenters. The van der Waals surface area contributed by atoms with Crippen molar-refractivity contribution in [1.82, 2.24) is 0 Å². The lowest BCUT2D eigenvalue weighted by Gasteiger charge is -2.24. The van der Waals surface area contributed by atoms with Gasteiger partial charge in [0.15, 0.2) is 0 Å². The Kier molecular flexibility index (Phi) is 3.06. The van der Waals surface area contributed by atoms with Crippen LogP contribution in [0, 0.1) is 5.92 Å². The molecule has 1 aliphatic carbocycles. The summed E-state index contributed by atoms with van der Waals surface area (Å²) in [7, 11) is -4.28. The Morgan fingerprint density at radius 1 is 1.25 bits per heavy atom. The summed E-state index contributed by atoms with van der Waals surface area (Å²) in [6, 6.07) is 0.184. The summed E-state index contributed by atoms with van der Waals surface area (Å²) in [6.45, 7) is 0. The predicted molar refractivity (Wildman–Crippen MR) is 44.8 cm³/mol. The van der Waals surface area contributed by atoms with E-state index >= 15 is 0 Å². The van der Waals surface area contributed by atoms with Crippen LogP contribution in [0.4, 0.5) is 3.89 Å². The second-order valence-electron chi connectivity index (χ2n) is 3.49. The number of nitrogens with two attached hydrogens (primary N) is 1. The third-order valence-corrected chi connectivity index (χ3v) is 3.20. The van der Waals surface area contributed by atoms with E-state index in [1.54, 1.807) is 0 Å². The summed E-state index contributed by atoms with van der Waals surface area (Å²) in [5.41, 5.74) is 5.62. The minimum absolute atomic E-state index is 0.0141. The Labute approximate surface area is 72.3 Å². The summed E-state index contributed by atoms with van der Waals surface area (Å²) < 4.78 is 32.8. The molecule has 12 heavy (non-hydrogen) atoms. The Balaban J connectivity index is 2.36. The molecule has 0 heterocycles. The third kappa shape index (κ3) is 3.49. The maximum absolute atomic E-state index is 12.2. The predicted octanol–water partition coefficient (Wildman–Crippen LogP) is 0.803. The van der Waals surface area contributed by atoms with Crippen molar-refractivity contribution in [2.75, 3.05) is 5.75 Å². The summed E-state index contributed by atoms with van der Waals surface area (Å²) in [4.78, 5) is 0. The van der Waals surface area contributed by atoms with E-state index in [9.17, 15) is 12.3 Å². The van der Waals surface area contributed by atoms with Crippen molar-refractivity contribution >= 4 is 10.2 Å².